The molecule has 5 heteroatoms. The normalized spacial score (nSPS) is 24.6. The number of hydrogen-bond acceptors (Lipinski definition) is 4. The van der Waals surface area contributed by atoms with Crippen molar-refractivity contribution in [3.63, 3.8) is 0 Å². The van der Waals surface area contributed by atoms with Crippen LogP contribution >= 0.6 is 0 Å². The molecule has 2 atom stereocenters. The number of nitrogens with zero attached hydrogens (tertiary/aromatic N) is 2. The molecule has 0 bridgehead atoms. The molecule has 0 saturated carbocycles. The summed E-state index contributed by atoms with van der Waals surface area (Å²) in [5, 5.41) is 0. The average molecular weight is 234 g/mol. The smallest absolute Gasteiger partial charge is 0.222 e. The lowest BCUT2D eigenvalue weighted by Crippen LogP contribution is -2.46. The molecule has 1 saturated heterocycles. The van der Waals surface area contributed by atoms with Crippen LogP contribution in [0, 0.1) is 5.92 Å². The van der Waals surface area contributed by atoms with Crippen LogP contribution in [-0.2, 0) is 4.79 Å². The van der Waals surface area contributed by atoms with Gasteiger partial charge in [-0.15, -0.1) is 0 Å². The molecule has 92 valence electrons. The van der Waals surface area contributed by atoms with Crippen LogP contribution in [0.15, 0.2) is 18.2 Å². The molecule has 0 spiro atoms. The number of hydrogen-bond donors (Lipinski definition) is 2. The van der Waals surface area contributed by atoms with Crippen LogP contribution in [0.5, 0.6) is 0 Å². The second-order valence-electron chi connectivity index (χ2n) is 4.60. The van der Waals surface area contributed by atoms with E-state index in [-0.39, 0.29) is 11.8 Å². The van der Waals surface area contributed by atoms with E-state index in [0.29, 0.717) is 18.4 Å². The number of aromatic nitrogens is 1. The van der Waals surface area contributed by atoms with E-state index in [2.05, 4.69) is 16.8 Å². The molecule has 5 nitrogen and oxygen atoms in total. The van der Waals surface area contributed by atoms with Crippen molar-refractivity contribution in [2.24, 2.45) is 11.7 Å². The zero-order valence-electron chi connectivity index (χ0n) is 9.97. The lowest BCUT2D eigenvalue weighted by Gasteiger charge is -2.37. The summed E-state index contributed by atoms with van der Waals surface area (Å²) >= 11 is 0. The van der Waals surface area contributed by atoms with Crippen LogP contribution in [-0.4, -0.2) is 23.5 Å². The molecule has 17 heavy (non-hydrogen) atoms. The van der Waals surface area contributed by atoms with Crippen LogP contribution in [0.4, 0.5) is 11.6 Å². The first-order valence-electron chi connectivity index (χ1n) is 5.86. The number of rotatable bonds is 2. The number of piperidine rings is 1. The number of anilines is 2. The first-order chi connectivity index (χ1) is 8.08. The summed E-state index contributed by atoms with van der Waals surface area (Å²) in [6, 6.07) is 5.90. The van der Waals surface area contributed by atoms with Crippen LogP contribution in [0.2, 0.25) is 0 Å². The summed E-state index contributed by atoms with van der Waals surface area (Å²) in [6.45, 7) is 2.76. The maximum Gasteiger partial charge on any atom is 0.222 e. The second kappa shape index (κ2) is 4.61. The monoisotopic (exact) mass is 234 g/mol. The molecule has 0 aromatic carbocycles. The lowest BCUT2D eigenvalue weighted by molar-refractivity contribution is -0.122. The first kappa shape index (κ1) is 11.7. The number of carbonyl (C=O) groups excluding carboxylic acids is 1. The molecule has 1 aliphatic heterocycles. The van der Waals surface area contributed by atoms with Crippen LogP contribution in [0.3, 0.4) is 0 Å². The van der Waals surface area contributed by atoms with E-state index in [1.165, 1.54) is 0 Å². The number of amides is 1. The van der Waals surface area contributed by atoms with Crippen molar-refractivity contribution in [2.75, 3.05) is 17.2 Å². The van der Waals surface area contributed by atoms with Crippen LogP contribution in [0.1, 0.15) is 19.8 Å². The molecular formula is C12H18N4O. The molecule has 2 unspecified atom stereocenters. The predicted molar refractivity (Wildman–Crippen MR) is 67.4 cm³/mol. The standard InChI is InChI=1S/C12H18N4O/c1-8-5-6-9(12(14)17)7-16(8)11-4-2-3-10(13)15-11/h2-4,8-9H,5-7H2,1H3,(H2,13,15)(H2,14,17). The van der Waals surface area contributed by atoms with E-state index in [1.807, 2.05) is 12.1 Å². The van der Waals surface area contributed by atoms with Gasteiger partial charge in [0.2, 0.25) is 5.91 Å². The van der Waals surface area contributed by atoms with E-state index in [0.717, 1.165) is 18.7 Å². The molecule has 0 aliphatic carbocycles. The van der Waals surface area contributed by atoms with Crippen LogP contribution in [0.25, 0.3) is 0 Å². The highest BCUT2D eigenvalue weighted by molar-refractivity contribution is 5.77. The number of nitrogen functional groups attached to an aromatic ring is 1. The topological polar surface area (TPSA) is 85.2 Å². The Bertz CT molecular complexity index is 421. The lowest BCUT2D eigenvalue weighted by atomic mass is 9.93. The molecule has 1 aromatic heterocycles. The molecule has 0 radical (unpaired) electrons. The van der Waals surface area contributed by atoms with Gasteiger partial charge in [0.25, 0.3) is 0 Å². The third-order valence-electron chi connectivity index (χ3n) is 3.33. The minimum atomic E-state index is -0.231. The largest absolute Gasteiger partial charge is 0.384 e. The summed E-state index contributed by atoms with van der Waals surface area (Å²) in [5.74, 6) is 1.000. The van der Waals surface area contributed by atoms with Gasteiger partial charge in [0.1, 0.15) is 11.6 Å². The maximum atomic E-state index is 11.3. The van der Waals surface area contributed by atoms with Gasteiger partial charge in [-0.1, -0.05) is 6.07 Å². The van der Waals surface area contributed by atoms with Crippen molar-refractivity contribution < 1.29 is 4.79 Å². The van der Waals surface area contributed by atoms with E-state index in [4.69, 9.17) is 11.5 Å². The van der Waals surface area contributed by atoms with Crippen molar-refractivity contribution in [2.45, 2.75) is 25.8 Å². The maximum absolute atomic E-state index is 11.3. The Morgan fingerprint density at radius 1 is 1.47 bits per heavy atom. The highest BCUT2D eigenvalue weighted by Crippen LogP contribution is 2.26. The quantitative estimate of drug-likeness (QED) is 0.791. The minimum absolute atomic E-state index is 0.0885. The van der Waals surface area contributed by atoms with E-state index >= 15 is 0 Å². The van der Waals surface area contributed by atoms with Gasteiger partial charge in [-0.3, -0.25) is 4.79 Å². The summed E-state index contributed by atoms with van der Waals surface area (Å²) in [7, 11) is 0. The molecular weight excluding hydrogens is 216 g/mol. The second-order valence-corrected chi connectivity index (χ2v) is 4.60. The van der Waals surface area contributed by atoms with Gasteiger partial charge in [0, 0.05) is 12.6 Å². The number of pyridine rings is 1. The van der Waals surface area contributed by atoms with Crippen molar-refractivity contribution in [1.82, 2.24) is 4.98 Å². The Labute approximate surface area is 101 Å². The van der Waals surface area contributed by atoms with E-state index < -0.39 is 0 Å². The fraction of sp³-hybridized carbons (Fsp3) is 0.500. The summed E-state index contributed by atoms with van der Waals surface area (Å²) in [5.41, 5.74) is 11.0. The van der Waals surface area contributed by atoms with Crippen molar-refractivity contribution >= 4 is 17.5 Å². The number of primary amides is 1. The molecule has 4 N–H and O–H groups in total. The first-order valence-corrected chi connectivity index (χ1v) is 5.86. The van der Waals surface area contributed by atoms with E-state index in [9.17, 15) is 4.79 Å². The Balaban J connectivity index is 2.20. The third-order valence-corrected chi connectivity index (χ3v) is 3.33. The Hall–Kier alpha value is -1.78. The van der Waals surface area contributed by atoms with Gasteiger partial charge < -0.3 is 16.4 Å². The molecule has 1 amide bonds. The Morgan fingerprint density at radius 3 is 2.88 bits per heavy atom. The SMILES string of the molecule is CC1CCC(C(N)=O)CN1c1cccc(N)n1. The molecule has 1 aromatic rings. The fourth-order valence-corrected chi connectivity index (χ4v) is 2.26. The third kappa shape index (κ3) is 2.49. The molecule has 2 rings (SSSR count). The highest BCUT2D eigenvalue weighted by atomic mass is 16.1. The summed E-state index contributed by atoms with van der Waals surface area (Å²) in [6.07, 6.45) is 1.80. The molecule has 1 fully saturated rings. The van der Waals surface area contributed by atoms with Crippen molar-refractivity contribution in [3.8, 4) is 0 Å². The summed E-state index contributed by atoms with van der Waals surface area (Å²) < 4.78 is 0. The zero-order valence-corrected chi connectivity index (χ0v) is 9.97. The highest BCUT2D eigenvalue weighted by Gasteiger charge is 2.29. The average Bonchev–Trinajstić information content (AvgIpc) is 2.29. The Kier molecular flexibility index (Phi) is 3.17. The zero-order chi connectivity index (χ0) is 12.4. The van der Waals surface area contributed by atoms with Gasteiger partial charge in [0.15, 0.2) is 0 Å². The van der Waals surface area contributed by atoms with Gasteiger partial charge in [-0.05, 0) is 31.9 Å². The van der Waals surface area contributed by atoms with Crippen LogP contribution < -0.4 is 16.4 Å². The van der Waals surface area contributed by atoms with Crippen molar-refractivity contribution in [3.05, 3.63) is 18.2 Å². The molecule has 1 aliphatic rings. The molecule has 2 heterocycles. The fourth-order valence-electron chi connectivity index (χ4n) is 2.26. The van der Waals surface area contributed by atoms with Gasteiger partial charge in [0.05, 0.1) is 5.92 Å². The number of carbonyl (C=O) groups is 1. The predicted octanol–water partition coefficient (Wildman–Crippen LogP) is 0.754. The minimum Gasteiger partial charge on any atom is -0.384 e. The van der Waals surface area contributed by atoms with Gasteiger partial charge in [-0.2, -0.15) is 0 Å². The summed E-state index contributed by atoms with van der Waals surface area (Å²) in [4.78, 5) is 17.7. The Morgan fingerprint density at radius 2 is 2.24 bits per heavy atom. The van der Waals surface area contributed by atoms with E-state index in [1.54, 1.807) is 6.07 Å². The van der Waals surface area contributed by atoms with Gasteiger partial charge in [-0.25, -0.2) is 4.98 Å². The van der Waals surface area contributed by atoms with Crippen molar-refractivity contribution in [1.29, 1.82) is 0 Å². The van der Waals surface area contributed by atoms with Gasteiger partial charge >= 0.3 is 0 Å². The number of nitrogens with two attached hydrogens (primary N) is 2.